The molecule has 0 spiro atoms. The second-order valence-electron chi connectivity index (χ2n) is 6.50. The third-order valence-electron chi connectivity index (χ3n) is 4.46. The van der Waals surface area contributed by atoms with E-state index < -0.39 is 0 Å². The summed E-state index contributed by atoms with van der Waals surface area (Å²) in [5.74, 6) is 2.73. The van der Waals surface area contributed by atoms with Gasteiger partial charge in [0.15, 0.2) is 11.5 Å². The molecule has 1 aromatic carbocycles. The van der Waals surface area contributed by atoms with E-state index in [1.165, 1.54) is 12.8 Å². The second kappa shape index (κ2) is 6.56. The van der Waals surface area contributed by atoms with E-state index in [4.69, 9.17) is 4.74 Å². The zero-order valence-corrected chi connectivity index (χ0v) is 14.8. The Kier molecular flexibility index (Phi) is 4.09. The van der Waals surface area contributed by atoms with Gasteiger partial charge in [0.05, 0.1) is 12.8 Å². The fourth-order valence-electron chi connectivity index (χ4n) is 2.90. The number of nitriles is 1. The summed E-state index contributed by atoms with van der Waals surface area (Å²) in [5, 5.41) is 20.9. The van der Waals surface area contributed by atoms with Crippen molar-refractivity contribution in [3.8, 4) is 11.8 Å². The first-order valence-electron chi connectivity index (χ1n) is 8.64. The first-order valence-corrected chi connectivity index (χ1v) is 8.64. The lowest BCUT2D eigenvalue weighted by atomic mass is 10.2. The van der Waals surface area contributed by atoms with E-state index in [0.717, 1.165) is 29.7 Å². The zero-order chi connectivity index (χ0) is 18.1. The number of nitrogens with zero attached hydrogens (tertiary/aromatic N) is 4. The molecule has 0 amide bonds. The first kappa shape index (κ1) is 16.2. The van der Waals surface area contributed by atoms with E-state index in [-0.39, 0.29) is 0 Å². The Bertz CT molecular complexity index is 999. The monoisotopic (exact) mass is 348 g/mol. The molecule has 26 heavy (non-hydrogen) atoms. The van der Waals surface area contributed by atoms with Gasteiger partial charge in [-0.15, -0.1) is 5.10 Å². The standard InChI is InChI=1S/C19H20N6O/c1-12-9-17(21-11-13-7-8-13)25-19(22-12)14(10-20)18(24-25)23-15-5-3-4-6-16(15)26-2/h3-6,9,13,21H,7-8,11H2,1-2H3,(H,23,24). The lowest BCUT2D eigenvalue weighted by molar-refractivity contribution is 0.417. The van der Waals surface area contributed by atoms with Crippen LogP contribution in [0, 0.1) is 24.2 Å². The van der Waals surface area contributed by atoms with Crippen molar-refractivity contribution in [3.63, 3.8) is 0 Å². The Morgan fingerprint density at radius 1 is 1.35 bits per heavy atom. The van der Waals surface area contributed by atoms with Crippen LogP contribution in [0.25, 0.3) is 5.65 Å². The molecule has 0 saturated heterocycles. The first-order chi connectivity index (χ1) is 12.7. The number of ether oxygens (including phenoxy) is 1. The van der Waals surface area contributed by atoms with Crippen molar-refractivity contribution >= 4 is 23.0 Å². The minimum absolute atomic E-state index is 0.411. The number of hydrogen-bond donors (Lipinski definition) is 2. The van der Waals surface area contributed by atoms with Gasteiger partial charge in [0.1, 0.15) is 23.2 Å². The number of anilines is 3. The molecular formula is C19H20N6O. The Hall–Kier alpha value is -3.27. The van der Waals surface area contributed by atoms with Gasteiger partial charge >= 0.3 is 0 Å². The van der Waals surface area contributed by atoms with Crippen molar-refractivity contribution in [2.75, 3.05) is 24.3 Å². The summed E-state index contributed by atoms with van der Waals surface area (Å²) in [4.78, 5) is 4.52. The Morgan fingerprint density at radius 3 is 2.88 bits per heavy atom. The lowest BCUT2D eigenvalue weighted by Gasteiger charge is -2.09. The van der Waals surface area contributed by atoms with Gasteiger partial charge < -0.3 is 15.4 Å². The maximum Gasteiger partial charge on any atom is 0.177 e. The summed E-state index contributed by atoms with van der Waals surface area (Å²) in [7, 11) is 1.61. The molecule has 1 saturated carbocycles. The molecule has 4 rings (SSSR count). The molecule has 0 unspecified atom stereocenters. The van der Waals surface area contributed by atoms with Gasteiger partial charge in [-0.1, -0.05) is 12.1 Å². The number of aromatic nitrogens is 3. The minimum atomic E-state index is 0.411. The maximum absolute atomic E-state index is 9.68. The molecule has 2 aromatic heterocycles. The molecule has 2 heterocycles. The lowest BCUT2D eigenvalue weighted by Crippen LogP contribution is -2.09. The number of rotatable bonds is 6. The minimum Gasteiger partial charge on any atom is -0.495 e. The number of para-hydroxylation sites is 2. The molecule has 7 heteroatoms. The van der Waals surface area contributed by atoms with Gasteiger partial charge in [0.2, 0.25) is 0 Å². The predicted octanol–water partition coefficient (Wildman–Crippen LogP) is 3.48. The van der Waals surface area contributed by atoms with E-state index >= 15 is 0 Å². The molecule has 0 atom stereocenters. The van der Waals surface area contributed by atoms with Crippen LogP contribution in [0.15, 0.2) is 30.3 Å². The number of benzene rings is 1. The van der Waals surface area contributed by atoms with Crippen LogP contribution >= 0.6 is 0 Å². The van der Waals surface area contributed by atoms with Crippen LogP contribution in [-0.4, -0.2) is 28.3 Å². The van der Waals surface area contributed by atoms with Gasteiger partial charge in [-0.05, 0) is 37.8 Å². The van der Waals surface area contributed by atoms with E-state index in [1.54, 1.807) is 11.6 Å². The summed E-state index contributed by atoms with van der Waals surface area (Å²) >= 11 is 0. The van der Waals surface area contributed by atoms with Crippen LogP contribution in [0.4, 0.5) is 17.3 Å². The van der Waals surface area contributed by atoms with Crippen LogP contribution < -0.4 is 15.4 Å². The molecule has 0 radical (unpaired) electrons. The van der Waals surface area contributed by atoms with Crippen LogP contribution in [0.3, 0.4) is 0 Å². The van der Waals surface area contributed by atoms with Gasteiger partial charge in [-0.3, -0.25) is 0 Å². The van der Waals surface area contributed by atoms with Crippen molar-refractivity contribution in [3.05, 3.63) is 41.6 Å². The normalized spacial score (nSPS) is 13.4. The topological polar surface area (TPSA) is 87.3 Å². The van der Waals surface area contributed by atoms with Crippen LogP contribution in [0.1, 0.15) is 24.1 Å². The molecule has 3 aromatic rings. The number of nitrogens with one attached hydrogen (secondary N) is 2. The number of hydrogen-bond acceptors (Lipinski definition) is 6. The average molecular weight is 348 g/mol. The fourth-order valence-corrected chi connectivity index (χ4v) is 2.90. The zero-order valence-electron chi connectivity index (χ0n) is 14.8. The fraction of sp³-hybridized carbons (Fsp3) is 0.316. The highest BCUT2D eigenvalue weighted by Gasteiger charge is 2.22. The number of aryl methyl sites for hydroxylation is 1. The van der Waals surface area contributed by atoms with Crippen molar-refractivity contribution in [1.82, 2.24) is 14.6 Å². The molecule has 132 valence electrons. The van der Waals surface area contributed by atoms with E-state index in [1.807, 2.05) is 37.3 Å². The average Bonchev–Trinajstić information content (AvgIpc) is 3.41. The van der Waals surface area contributed by atoms with E-state index in [9.17, 15) is 5.26 Å². The summed E-state index contributed by atoms with van der Waals surface area (Å²) in [5.41, 5.74) is 2.55. The molecular weight excluding hydrogens is 328 g/mol. The van der Waals surface area contributed by atoms with Gasteiger partial charge in [0.25, 0.3) is 0 Å². The summed E-state index contributed by atoms with van der Waals surface area (Å²) < 4.78 is 7.07. The molecule has 1 fully saturated rings. The Balaban J connectivity index is 1.77. The Morgan fingerprint density at radius 2 is 2.15 bits per heavy atom. The summed E-state index contributed by atoms with van der Waals surface area (Å²) in [6, 6.07) is 11.7. The van der Waals surface area contributed by atoms with Crippen LogP contribution in [0.2, 0.25) is 0 Å². The summed E-state index contributed by atoms with van der Waals surface area (Å²) in [6.07, 6.45) is 2.53. The predicted molar refractivity (Wildman–Crippen MR) is 99.9 cm³/mol. The summed E-state index contributed by atoms with van der Waals surface area (Å²) in [6.45, 7) is 2.83. The van der Waals surface area contributed by atoms with Gasteiger partial charge in [-0.25, -0.2) is 4.98 Å². The van der Waals surface area contributed by atoms with E-state index in [2.05, 4.69) is 26.8 Å². The van der Waals surface area contributed by atoms with Gasteiger partial charge in [0, 0.05) is 18.3 Å². The molecule has 1 aliphatic rings. The van der Waals surface area contributed by atoms with Crippen molar-refractivity contribution in [1.29, 1.82) is 5.26 Å². The largest absolute Gasteiger partial charge is 0.495 e. The molecule has 2 N–H and O–H groups in total. The molecule has 1 aliphatic carbocycles. The van der Waals surface area contributed by atoms with E-state index in [0.29, 0.717) is 22.8 Å². The molecule has 7 nitrogen and oxygen atoms in total. The second-order valence-corrected chi connectivity index (χ2v) is 6.50. The van der Waals surface area contributed by atoms with Crippen molar-refractivity contribution in [2.45, 2.75) is 19.8 Å². The highest BCUT2D eigenvalue weighted by molar-refractivity contribution is 5.75. The molecule has 0 bridgehead atoms. The van der Waals surface area contributed by atoms with Crippen LogP contribution in [-0.2, 0) is 0 Å². The smallest absolute Gasteiger partial charge is 0.177 e. The molecule has 0 aliphatic heterocycles. The number of methoxy groups -OCH3 is 1. The van der Waals surface area contributed by atoms with Crippen LogP contribution in [0.5, 0.6) is 5.75 Å². The SMILES string of the molecule is COc1ccccc1Nc1nn2c(NCC3CC3)cc(C)nc2c1C#N. The third-order valence-corrected chi connectivity index (χ3v) is 4.46. The van der Waals surface area contributed by atoms with Gasteiger partial charge in [-0.2, -0.15) is 9.78 Å². The maximum atomic E-state index is 9.68. The van der Waals surface area contributed by atoms with Crippen molar-refractivity contribution in [2.24, 2.45) is 5.92 Å². The highest BCUT2D eigenvalue weighted by atomic mass is 16.5. The van der Waals surface area contributed by atoms with Crippen molar-refractivity contribution < 1.29 is 4.74 Å². The quantitative estimate of drug-likeness (QED) is 0.709. The highest BCUT2D eigenvalue weighted by Crippen LogP contribution is 2.31. The Labute approximate surface area is 151 Å². The number of fused-ring (bicyclic) bond motifs is 1. The third kappa shape index (κ3) is 3.02.